The average Bonchev–Trinajstić information content (AvgIpc) is 2.74. The molecule has 1 atom stereocenters. The topological polar surface area (TPSA) is 0 Å². The van der Waals surface area contributed by atoms with Gasteiger partial charge >= 0.3 is 0 Å². The SMILES string of the molecule is CC1=CCC(CC2=CCC=C2)(SC(C)(C)C)C(C)=C1. The zero-order chi connectivity index (χ0) is 14.1. The largest absolute Gasteiger partial charge is 0.144 e. The van der Waals surface area contributed by atoms with E-state index in [2.05, 4.69) is 76.8 Å². The highest BCUT2D eigenvalue weighted by Gasteiger charge is 2.38. The van der Waals surface area contributed by atoms with Crippen molar-refractivity contribution in [2.24, 2.45) is 0 Å². The van der Waals surface area contributed by atoms with E-state index in [9.17, 15) is 0 Å². The van der Waals surface area contributed by atoms with Crippen LogP contribution in [-0.2, 0) is 0 Å². The maximum atomic E-state index is 2.41. The van der Waals surface area contributed by atoms with Crippen molar-refractivity contribution < 1.29 is 0 Å². The fourth-order valence-electron chi connectivity index (χ4n) is 2.94. The quantitative estimate of drug-likeness (QED) is 0.624. The summed E-state index contributed by atoms with van der Waals surface area (Å²) >= 11 is 2.13. The average molecular weight is 274 g/mol. The lowest BCUT2D eigenvalue weighted by atomic mass is 9.84. The summed E-state index contributed by atoms with van der Waals surface area (Å²) in [6.07, 6.45) is 15.2. The first-order valence-corrected chi connectivity index (χ1v) is 8.04. The Hall–Kier alpha value is -0.690. The van der Waals surface area contributed by atoms with E-state index in [0.29, 0.717) is 0 Å². The third-order valence-electron chi connectivity index (χ3n) is 3.76. The molecule has 1 heteroatoms. The van der Waals surface area contributed by atoms with Crippen LogP contribution < -0.4 is 0 Å². The molecule has 0 radical (unpaired) electrons. The zero-order valence-electron chi connectivity index (χ0n) is 12.9. The van der Waals surface area contributed by atoms with Gasteiger partial charge in [0, 0.05) is 9.49 Å². The molecule has 0 aromatic carbocycles. The Morgan fingerprint density at radius 2 is 1.95 bits per heavy atom. The van der Waals surface area contributed by atoms with Crippen molar-refractivity contribution in [3.05, 3.63) is 47.1 Å². The summed E-state index contributed by atoms with van der Waals surface area (Å²) in [5.74, 6) is 0. The summed E-state index contributed by atoms with van der Waals surface area (Å²) in [5.41, 5.74) is 4.46. The molecule has 19 heavy (non-hydrogen) atoms. The Labute approximate surface area is 122 Å². The normalized spacial score (nSPS) is 27.1. The van der Waals surface area contributed by atoms with Gasteiger partial charge in [0.15, 0.2) is 0 Å². The van der Waals surface area contributed by atoms with E-state index >= 15 is 0 Å². The fraction of sp³-hybridized carbons (Fsp3) is 0.556. The zero-order valence-corrected chi connectivity index (χ0v) is 13.7. The van der Waals surface area contributed by atoms with Gasteiger partial charge in [-0.15, -0.1) is 11.8 Å². The highest BCUT2D eigenvalue weighted by molar-refractivity contribution is 8.02. The first-order chi connectivity index (χ1) is 8.81. The van der Waals surface area contributed by atoms with Crippen molar-refractivity contribution in [1.29, 1.82) is 0 Å². The van der Waals surface area contributed by atoms with E-state index in [1.54, 1.807) is 0 Å². The molecule has 0 aromatic heterocycles. The molecule has 0 N–H and O–H groups in total. The maximum Gasteiger partial charge on any atom is 0.0448 e. The molecule has 0 bridgehead atoms. The molecule has 2 aliphatic rings. The van der Waals surface area contributed by atoms with Crippen molar-refractivity contribution in [3.8, 4) is 0 Å². The molecule has 0 fully saturated rings. The predicted molar refractivity (Wildman–Crippen MR) is 88.7 cm³/mol. The smallest absolute Gasteiger partial charge is 0.0448 e. The van der Waals surface area contributed by atoms with Crippen LogP contribution in [-0.4, -0.2) is 9.49 Å². The van der Waals surface area contributed by atoms with Gasteiger partial charge in [0.25, 0.3) is 0 Å². The highest BCUT2D eigenvalue weighted by Crippen LogP contribution is 2.50. The van der Waals surface area contributed by atoms with Crippen LogP contribution >= 0.6 is 11.8 Å². The first kappa shape index (κ1) is 14.7. The maximum absolute atomic E-state index is 2.41. The molecule has 2 aliphatic carbocycles. The standard InChI is InChI=1S/C18H26S/c1-14-10-11-18(15(2)12-14,19-17(3,4)5)13-16-8-6-7-9-16/h6,8-10,12H,7,11,13H2,1-5H3. The Kier molecular flexibility index (Phi) is 4.15. The second-order valence-corrected chi connectivity index (χ2v) is 8.99. The minimum atomic E-state index is 0.248. The van der Waals surface area contributed by atoms with E-state index < -0.39 is 0 Å². The van der Waals surface area contributed by atoms with Crippen molar-refractivity contribution in [3.63, 3.8) is 0 Å². The molecule has 104 valence electrons. The van der Waals surface area contributed by atoms with Crippen LogP contribution in [0.4, 0.5) is 0 Å². The monoisotopic (exact) mass is 274 g/mol. The number of hydrogen-bond donors (Lipinski definition) is 0. The minimum absolute atomic E-state index is 0.248. The molecule has 0 spiro atoms. The van der Waals surface area contributed by atoms with Crippen LogP contribution in [0, 0.1) is 0 Å². The van der Waals surface area contributed by atoms with Gasteiger partial charge in [0.1, 0.15) is 0 Å². The van der Waals surface area contributed by atoms with E-state index in [1.165, 1.54) is 16.7 Å². The van der Waals surface area contributed by atoms with Crippen LogP contribution in [0.25, 0.3) is 0 Å². The highest BCUT2D eigenvalue weighted by atomic mass is 32.2. The molecule has 0 saturated heterocycles. The molecule has 0 amide bonds. The second kappa shape index (κ2) is 5.36. The van der Waals surface area contributed by atoms with E-state index in [1.807, 2.05) is 0 Å². The van der Waals surface area contributed by atoms with E-state index in [0.717, 1.165) is 19.3 Å². The van der Waals surface area contributed by atoms with Crippen LogP contribution in [0.2, 0.25) is 0 Å². The van der Waals surface area contributed by atoms with Gasteiger partial charge in [-0.05, 0) is 33.1 Å². The van der Waals surface area contributed by atoms with Crippen molar-refractivity contribution >= 4 is 11.8 Å². The summed E-state index contributed by atoms with van der Waals surface area (Å²) in [5, 5.41) is 0. The third-order valence-corrected chi connectivity index (χ3v) is 5.39. The van der Waals surface area contributed by atoms with Gasteiger partial charge in [0.2, 0.25) is 0 Å². The van der Waals surface area contributed by atoms with Crippen LogP contribution in [0.15, 0.2) is 47.1 Å². The molecule has 0 saturated carbocycles. The van der Waals surface area contributed by atoms with Gasteiger partial charge in [0.05, 0.1) is 0 Å². The van der Waals surface area contributed by atoms with Crippen molar-refractivity contribution in [2.45, 2.75) is 63.4 Å². The molecular weight excluding hydrogens is 248 g/mol. The van der Waals surface area contributed by atoms with Crippen LogP contribution in [0.5, 0.6) is 0 Å². The van der Waals surface area contributed by atoms with E-state index in [4.69, 9.17) is 0 Å². The van der Waals surface area contributed by atoms with Crippen LogP contribution in [0.3, 0.4) is 0 Å². The number of thioether (sulfide) groups is 1. The Balaban J connectivity index is 2.28. The lowest BCUT2D eigenvalue weighted by molar-refractivity contribution is 0.648. The molecule has 2 rings (SSSR count). The number of allylic oxidation sites excluding steroid dienone is 7. The van der Waals surface area contributed by atoms with Gasteiger partial charge in [-0.3, -0.25) is 0 Å². The molecule has 0 nitrogen and oxygen atoms in total. The van der Waals surface area contributed by atoms with Gasteiger partial charge in [-0.2, -0.15) is 0 Å². The van der Waals surface area contributed by atoms with Gasteiger partial charge in [-0.1, -0.05) is 67.9 Å². The lowest BCUT2D eigenvalue weighted by Crippen LogP contribution is -2.33. The Bertz CT molecular complexity index is 468. The second-order valence-electron chi connectivity index (χ2n) is 6.78. The number of rotatable bonds is 3. The fourth-order valence-corrected chi connectivity index (χ4v) is 4.74. The summed E-state index contributed by atoms with van der Waals surface area (Å²) in [6, 6.07) is 0. The van der Waals surface area contributed by atoms with Crippen molar-refractivity contribution in [1.82, 2.24) is 0 Å². The van der Waals surface area contributed by atoms with Gasteiger partial charge < -0.3 is 0 Å². The van der Waals surface area contributed by atoms with Crippen LogP contribution in [0.1, 0.15) is 53.9 Å². The molecule has 0 heterocycles. The van der Waals surface area contributed by atoms with E-state index in [-0.39, 0.29) is 9.49 Å². The summed E-state index contributed by atoms with van der Waals surface area (Å²) in [6.45, 7) is 11.5. The molecule has 0 aromatic rings. The minimum Gasteiger partial charge on any atom is -0.144 e. The Morgan fingerprint density at radius 3 is 2.47 bits per heavy atom. The predicted octanol–water partition coefficient (Wildman–Crippen LogP) is 5.83. The van der Waals surface area contributed by atoms with Crippen molar-refractivity contribution in [2.75, 3.05) is 0 Å². The summed E-state index contributed by atoms with van der Waals surface area (Å²) in [7, 11) is 0. The first-order valence-electron chi connectivity index (χ1n) is 7.22. The lowest BCUT2D eigenvalue weighted by Gasteiger charge is -2.41. The Morgan fingerprint density at radius 1 is 1.21 bits per heavy atom. The molecule has 0 aliphatic heterocycles. The third kappa shape index (κ3) is 3.66. The summed E-state index contributed by atoms with van der Waals surface area (Å²) < 4.78 is 0.537. The molecule has 1 unspecified atom stereocenters. The molecular formula is C18H26S. The van der Waals surface area contributed by atoms with Gasteiger partial charge in [-0.25, -0.2) is 0 Å². The number of hydrogen-bond acceptors (Lipinski definition) is 1. The summed E-state index contributed by atoms with van der Waals surface area (Å²) in [4.78, 5) is 0.